The fourth-order valence-electron chi connectivity index (χ4n) is 1.75. The molecule has 0 aliphatic heterocycles. The third-order valence-corrected chi connectivity index (χ3v) is 3.30. The molecule has 1 rings (SSSR count). The van der Waals surface area contributed by atoms with Crippen molar-refractivity contribution in [3.63, 3.8) is 0 Å². The van der Waals surface area contributed by atoms with Gasteiger partial charge in [0.05, 0.1) is 6.07 Å². The predicted octanol–water partition coefficient (Wildman–Crippen LogP) is 1.22. The molecule has 0 aromatic heterocycles. The summed E-state index contributed by atoms with van der Waals surface area (Å²) in [5.41, 5.74) is -0.320. The highest BCUT2D eigenvalue weighted by molar-refractivity contribution is 5.16. The van der Waals surface area contributed by atoms with Gasteiger partial charge in [-0.2, -0.15) is 5.26 Å². The van der Waals surface area contributed by atoms with Crippen molar-refractivity contribution in [2.24, 2.45) is 5.92 Å². The van der Waals surface area contributed by atoms with Crippen LogP contribution in [0.5, 0.6) is 0 Å². The van der Waals surface area contributed by atoms with Crippen LogP contribution in [0.1, 0.15) is 26.7 Å². The molecule has 1 unspecified atom stereocenters. The monoisotopic (exact) mass is 195 g/mol. The summed E-state index contributed by atoms with van der Waals surface area (Å²) in [4.78, 5) is 2.23. The summed E-state index contributed by atoms with van der Waals surface area (Å²) in [6.45, 7) is 5.14. The highest BCUT2D eigenvalue weighted by Gasteiger charge is 2.45. The van der Waals surface area contributed by atoms with E-state index < -0.39 is 0 Å². The molecule has 3 nitrogen and oxygen atoms in total. The van der Waals surface area contributed by atoms with Crippen LogP contribution in [-0.4, -0.2) is 37.1 Å². The number of nitrogens with one attached hydrogen (secondary N) is 1. The van der Waals surface area contributed by atoms with Gasteiger partial charge in [0.2, 0.25) is 0 Å². The van der Waals surface area contributed by atoms with Crippen LogP contribution in [0.3, 0.4) is 0 Å². The Balaban J connectivity index is 2.64. The highest BCUT2D eigenvalue weighted by Crippen LogP contribution is 2.39. The van der Waals surface area contributed by atoms with Crippen molar-refractivity contribution < 1.29 is 0 Å². The first kappa shape index (κ1) is 11.5. The first-order chi connectivity index (χ1) is 6.55. The maximum Gasteiger partial charge on any atom is 0.122 e. The van der Waals surface area contributed by atoms with Crippen molar-refractivity contribution in [3.8, 4) is 6.07 Å². The van der Waals surface area contributed by atoms with E-state index in [-0.39, 0.29) is 5.54 Å². The number of hydrogen-bond donors (Lipinski definition) is 1. The molecule has 0 spiro atoms. The summed E-state index contributed by atoms with van der Waals surface area (Å²) in [5.74, 6) is 0.554. The molecule has 1 aliphatic rings. The second-order valence-electron chi connectivity index (χ2n) is 4.62. The highest BCUT2D eigenvalue weighted by atomic mass is 15.2. The molecule has 1 atom stereocenters. The van der Waals surface area contributed by atoms with Crippen LogP contribution in [0.25, 0.3) is 0 Å². The predicted molar refractivity (Wildman–Crippen MR) is 57.9 cm³/mol. The first-order valence-electron chi connectivity index (χ1n) is 5.36. The normalized spacial score (nSPS) is 20.9. The summed E-state index contributed by atoms with van der Waals surface area (Å²) in [7, 11) is 3.98. The number of nitrogens with zero attached hydrogens (tertiary/aromatic N) is 2. The van der Waals surface area contributed by atoms with Gasteiger partial charge in [0.15, 0.2) is 0 Å². The number of hydrogen-bond acceptors (Lipinski definition) is 3. The standard InChI is InChI=1S/C11H21N3/c1-9(2)14(4)8-11(7-12,13-3)10-5-6-10/h9-10,13H,5-6,8H2,1-4H3. The fourth-order valence-corrected chi connectivity index (χ4v) is 1.75. The minimum Gasteiger partial charge on any atom is -0.301 e. The molecule has 0 saturated heterocycles. The maximum atomic E-state index is 9.28. The van der Waals surface area contributed by atoms with E-state index in [2.05, 4.69) is 37.2 Å². The summed E-state index contributed by atoms with van der Waals surface area (Å²) >= 11 is 0. The Morgan fingerprint density at radius 1 is 1.57 bits per heavy atom. The molecule has 1 aliphatic carbocycles. The zero-order valence-electron chi connectivity index (χ0n) is 9.67. The van der Waals surface area contributed by atoms with Crippen LogP contribution in [0.15, 0.2) is 0 Å². The Hall–Kier alpha value is -0.590. The van der Waals surface area contributed by atoms with E-state index >= 15 is 0 Å². The zero-order valence-corrected chi connectivity index (χ0v) is 9.67. The Labute approximate surface area is 87.1 Å². The van der Waals surface area contributed by atoms with Gasteiger partial charge in [0.1, 0.15) is 5.54 Å². The van der Waals surface area contributed by atoms with Crippen molar-refractivity contribution in [1.29, 1.82) is 5.26 Å². The first-order valence-corrected chi connectivity index (χ1v) is 5.36. The Morgan fingerprint density at radius 3 is 2.43 bits per heavy atom. The fraction of sp³-hybridized carbons (Fsp3) is 0.909. The molecule has 0 radical (unpaired) electrons. The third-order valence-electron chi connectivity index (χ3n) is 3.30. The third kappa shape index (κ3) is 2.26. The molecule has 0 heterocycles. The molecule has 80 valence electrons. The summed E-state index contributed by atoms with van der Waals surface area (Å²) in [6, 6.07) is 2.96. The molecule has 14 heavy (non-hydrogen) atoms. The van der Waals surface area contributed by atoms with Crippen LogP contribution >= 0.6 is 0 Å². The Kier molecular flexibility index (Phi) is 3.52. The van der Waals surface area contributed by atoms with Crippen molar-refractivity contribution in [2.45, 2.75) is 38.3 Å². The maximum absolute atomic E-state index is 9.28. The molecule has 1 N–H and O–H groups in total. The average Bonchev–Trinajstić information content (AvgIpc) is 2.97. The second kappa shape index (κ2) is 4.29. The van der Waals surface area contributed by atoms with E-state index in [0.717, 1.165) is 6.54 Å². The van der Waals surface area contributed by atoms with Crippen molar-refractivity contribution in [2.75, 3.05) is 20.6 Å². The molecule has 1 saturated carbocycles. The molecule has 3 heteroatoms. The summed E-state index contributed by atoms with van der Waals surface area (Å²) < 4.78 is 0. The van der Waals surface area contributed by atoms with Gasteiger partial charge in [-0.15, -0.1) is 0 Å². The van der Waals surface area contributed by atoms with E-state index in [4.69, 9.17) is 0 Å². The Morgan fingerprint density at radius 2 is 2.14 bits per heavy atom. The van der Waals surface area contributed by atoms with Gasteiger partial charge in [0, 0.05) is 12.6 Å². The van der Waals surface area contributed by atoms with Crippen molar-refractivity contribution >= 4 is 0 Å². The number of nitriles is 1. The molecule has 0 aromatic rings. The molecular weight excluding hydrogens is 174 g/mol. The van der Waals surface area contributed by atoms with Crippen LogP contribution in [0.2, 0.25) is 0 Å². The summed E-state index contributed by atoms with van der Waals surface area (Å²) in [6.07, 6.45) is 2.39. The Bertz CT molecular complexity index is 227. The van der Waals surface area contributed by atoms with Gasteiger partial charge >= 0.3 is 0 Å². The lowest BCUT2D eigenvalue weighted by molar-refractivity contribution is 0.201. The van der Waals surface area contributed by atoms with Crippen LogP contribution in [0, 0.1) is 17.2 Å². The largest absolute Gasteiger partial charge is 0.301 e. The minimum atomic E-state index is -0.320. The van der Waals surface area contributed by atoms with Crippen LogP contribution in [0.4, 0.5) is 0 Å². The van der Waals surface area contributed by atoms with Crippen molar-refractivity contribution in [3.05, 3.63) is 0 Å². The van der Waals surface area contributed by atoms with Gasteiger partial charge in [-0.3, -0.25) is 0 Å². The van der Waals surface area contributed by atoms with Crippen LogP contribution < -0.4 is 5.32 Å². The lowest BCUT2D eigenvalue weighted by Crippen LogP contribution is -2.53. The lowest BCUT2D eigenvalue weighted by Gasteiger charge is -2.33. The van der Waals surface area contributed by atoms with E-state index in [1.165, 1.54) is 12.8 Å². The van der Waals surface area contributed by atoms with E-state index in [1.54, 1.807) is 0 Å². The van der Waals surface area contributed by atoms with E-state index in [9.17, 15) is 5.26 Å². The zero-order chi connectivity index (χ0) is 10.8. The number of rotatable bonds is 5. The minimum absolute atomic E-state index is 0.320. The van der Waals surface area contributed by atoms with Crippen molar-refractivity contribution in [1.82, 2.24) is 10.2 Å². The molecular formula is C11H21N3. The van der Waals surface area contributed by atoms with Crippen LogP contribution in [-0.2, 0) is 0 Å². The van der Waals surface area contributed by atoms with E-state index in [0.29, 0.717) is 12.0 Å². The molecule has 0 bridgehead atoms. The number of likely N-dealkylation sites (N-methyl/N-ethyl adjacent to an activating group) is 2. The SMILES string of the molecule is CNC(C#N)(CN(C)C(C)C)C1CC1. The topological polar surface area (TPSA) is 39.1 Å². The lowest BCUT2D eigenvalue weighted by atomic mass is 9.94. The average molecular weight is 195 g/mol. The van der Waals surface area contributed by atoms with Gasteiger partial charge in [0.25, 0.3) is 0 Å². The summed E-state index contributed by atoms with van der Waals surface area (Å²) in [5, 5.41) is 12.5. The molecule has 1 fully saturated rings. The molecule has 0 aromatic carbocycles. The smallest absolute Gasteiger partial charge is 0.122 e. The van der Waals surface area contributed by atoms with Gasteiger partial charge < -0.3 is 10.2 Å². The van der Waals surface area contributed by atoms with E-state index in [1.807, 2.05) is 7.05 Å². The van der Waals surface area contributed by atoms with Gasteiger partial charge in [-0.1, -0.05) is 0 Å². The second-order valence-corrected chi connectivity index (χ2v) is 4.62. The quantitative estimate of drug-likeness (QED) is 0.717. The van der Waals surface area contributed by atoms with Gasteiger partial charge in [-0.25, -0.2) is 0 Å². The van der Waals surface area contributed by atoms with Gasteiger partial charge in [-0.05, 0) is 46.7 Å². The molecule has 0 amide bonds.